The summed E-state index contributed by atoms with van der Waals surface area (Å²) in [6.07, 6.45) is 8.57. The van der Waals surface area contributed by atoms with Gasteiger partial charge in [0.15, 0.2) is 0 Å². The first kappa shape index (κ1) is 14.7. The molecule has 6 nitrogen and oxygen atoms in total. The Bertz CT molecular complexity index is 635. The second kappa shape index (κ2) is 6.27. The number of rotatable bonds is 5. The lowest BCUT2D eigenvalue weighted by Gasteiger charge is -2.37. The van der Waals surface area contributed by atoms with E-state index in [2.05, 4.69) is 15.4 Å². The van der Waals surface area contributed by atoms with Gasteiger partial charge >= 0.3 is 0 Å². The monoisotopic (exact) mass is 300 g/mol. The molecule has 2 N–H and O–H groups in total. The first-order chi connectivity index (χ1) is 10.6. The SMILES string of the molecule is Cn1cc([C@@H](NC(=O)Cc2cccnc2)C2CC(O)C2)cn1. The number of amides is 1. The number of aliphatic hydroxyl groups excluding tert-OH is 1. The van der Waals surface area contributed by atoms with E-state index < -0.39 is 0 Å². The van der Waals surface area contributed by atoms with Crippen molar-refractivity contribution in [2.75, 3.05) is 0 Å². The fourth-order valence-corrected chi connectivity index (χ4v) is 2.89. The zero-order chi connectivity index (χ0) is 15.5. The number of carbonyl (C=O) groups excluding carboxylic acids is 1. The van der Waals surface area contributed by atoms with Crippen LogP contribution < -0.4 is 5.32 Å². The molecule has 22 heavy (non-hydrogen) atoms. The summed E-state index contributed by atoms with van der Waals surface area (Å²) in [7, 11) is 1.85. The Balaban J connectivity index is 1.68. The average Bonchev–Trinajstić information content (AvgIpc) is 2.89. The van der Waals surface area contributed by atoms with Crippen LogP contribution >= 0.6 is 0 Å². The van der Waals surface area contributed by atoms with Crippen LogP contribution in [0.5, 0.6) is 0 Å². The van der Waals surface area contributed by atoms with E-state index >= 15 is 0 Å². The molecule has 0 spiro atoms. The van der Waals surface area contributed by atoms with Crippen LogP contribution in [0, 0.1) is 5.92 Å². The number of hydrogen-bond acceptors (Lipinski definition) is 4. The Morgan fingerprint density at radius 1 is 1.50 bits per heavy atom. The average molecular weight is 300 g/mol. The van der Waals surface area contributed by atoms with Crippen molar-refractivity contribution in [1.82, 2.24) is 20.1 Å². The Kier molecular flexibility index (Phi) is 4.20. The predicted octanol–water partition coefficient (Wildman–Crippen LogP) is 0.986. The highest BCUT2D eigenvalue weighted by atomic mass is 16.3. The molecule has 6 heteroatoms. The van der Waals surface area contributed by atoms with E-state index in [-0.39, 0.29) is 24.0 Å². The highest BCUT2D eigenvalue weighted by Gasteiger charge is 2.36. The van der Waals surface area contributed by atoms with Gasteiger partial charge in [-0.15, -0.1) is 0 Å². The Hall–Kier alpha value is -2.21. The maximum atomic E-state index is 12.3. The molecule has 0 saturated heterocycles. The van der Waals surface area contributed by atoms with Gasteiger partial charge in [-0.2, -0.15) is 5.10 Å². The molecule has 1 saturated carbocycles. The second-order valence-corrected chi connectivity index (χ2v) is 5.92. The molecule has 0 bridgehead atoms. The number of aromatic nitrogens is 3. The van der Waals surface area contributed by atoms with Crippen molar-refractivity contribution in [3.63, 3.8) is 0 Å². The van der Waals surface area contributed by atoms with Crippen molar-refractivity contribution in [2.24, 2.45) is 13.0 Å². The van der Waals surface area contributed by atoms with Crippen LogP contribution in [0.25, 0.3) is 0 Å². The van der Waals surface area contributed by atoms with Crippen LogP contribution in [0.3, 0.4) is 0 Å². The molecule has 1 amide bonds. The van der Waals surface area contributed by atoms with Gasteiger partial charge in [-0.3, -0.25) is 14.5 Å². The van der Waals surface area contributed by atoms with Gasteiger partial charge in [0.25, 0.3) is 0 Å². The van der Waals surface area contributed by atoms with Crippen molar-refractivity contribution in [3.8, 4) is 0 Å². The first-order valence-corrected chi connectivity index (χ1v) is 7.46. The number of hydrogen-bond donors (Lipinski definition) is 2. The summed E-state index contributed by atoms with van der Waals surface area (Å²) < 4.78 is 1.73. The topological polar surface area (TPSA) is 80.0 Å². The van der Waals surface area contributed by atoms with Crippen molar-refractivity contribution in [3.05, 3.63) is 48.0 Å². The standard InChI is InChI=1S/C16H20N4O2/c1-20-10-13(9-18-20)16(12-6-14(21)7-12)19-15(22)5-11-3-2-4-17-8-11/h2-4,8-10,12,14,16,21H,5-7H2,1H3,(H,19,22)/t12?,14?,16-/m0/s1. The van der Waals surface area contributed by atoms with Crippen LogP contribution in [0.4, 0.5) is 0 Å². The number of nitrogens with zero attached hydrogens (tertiary/aromatic N) is 3. The predicted molar refractivity (Wildman–Crippen MR) is 80.8 cm³/mol. The van der Waals surface area contributed by atoms with Gasteiger partial charge in [-0.05, 0) is 30.4 Å². The lowest BCUT2D eigenvalue weighted by atomic mass is 9.75. The van der Waals surface area contributed by atoms with Crippen molar-refractivity contribution < 1.29 is 9.90 Å². The first-order valence-electron chi connectivity index (χ1n) is 7.46. The van der Waals surface area contributed by atoms with Crippen LogP contribution in [-0.2, 0) is 18.3 Å². The molecule has 3 rings (SSSR count). The van der Waals surface area contributed by atoms with Gasteiger partial charge in [0, 0.05) is 31.2 Å². The van der Waals surface area contributed by atoms with Gasteiger partial charge in [0.2, 0.25) is 5.91 Å². The number of pyridine rings is 1. The summed E-state index contributed by atoms with van der Waals surface area (Å²) in [5, 5.41) is 16.8. The van der Waals surface area contributed by atoms with Crippen LogP contribution in [0.1, 0.15) is 30.0 Å². The molecular formula is C16H20N4O2. The second-order valence-electron chi connectivity index (χ2n) is 5.92. The highest BCUT2D eigenvalue weighted by molar-refractivity contribution is 5.79. The molecule has 2 aromatic heterocycles. The molecule has 0 aromatic carbocycles. The number of aryl methyl sites for hydroxylation is 1. The normalized spacial score (nSPS) is 21.9. The van der Waals surface area contributed by atoms with E-state index in [1.165, 1.54) is 0 Å². The number of aliphatic hydroxyl groups is 1. The summed E-state index contributed by atoms with van der Waals surface area (Å²) in [5.74, 6) is 0.222. The van der Waals surface area contributed by atoms with E-state index in [0.717, 1.165) is 11.1 Å². The molecule has 1 atom stereocenters. The molecule has 1 fully saturated rings. The van der Waals surface area contributed by atoms with Crippen LogP contribution in [0.2, 0.25) is 0 Å². The molecule has 0 aliphatic heterocycles. The van der Waals surface area contributed by atoms with E-state index in [9.17, 15) is 9.90 Å². The quantitative estimate of drug-likeness (QED) is 0.863. The summed E-state index contributed by atoms with van der Waals surface area (Å²) in [4.78, 5) is 16.3. The molecular weight excluding hydrogens is 280 g/mol. The van der Waals surface area contributed by atoms with Gasteiger partial charge in [0.05, 0.1) is 24.8 Å². The van der Waals surface area contributed by atoms with Gasteiger partial charge in [0.1, 0.15) is 0 Å². The number of carbonyl (C=O) groups is 1. The molecule has 0 unspecified atom stereocenters. The third-order valence-corrected chi connectivity index (χ3v) is 4.11. The van der Waals surface area contributed by atoms with Gasteiger partial charge in [-0.1, -0.05) is 6.07 Å². The number of nitrogens with one attached hydrogen (secondary N) is 1. The van der Waals surface area contributed by atoms with Crippen LogP contribution in [0.15, 0.2) is 36.9 Å². The molecule has 2 heterocycles. The third kappa shape index (κ3) is 3.33. The summed E-state index contributed by atoms with van der Waals surface area (Å²) >= 11 is 0. The fourth-order valence-electron chi connectivity index (χ4n) is 2.89. The highest BCUT2D eigenvalue weighted by Crippen LogP contribution is 2.37. The van der Waals surface area contributed by atoms with Crippen LogP contribution in [-0.4, -0.2) is 31.9 Å². The minimum atomic E-state index is -0.251. The van der Waals surface area contributed by atoms with Crippen molar-refractivity contribution >= 4 is 5.91 Å². The lowest BCUT2D eigenvalue weighted by molar-refractivity contribution is -0.122. The largest absolute Gasteiger partial charge is 0.393 e. The molecule has 1 aliphatic rings. The minimum absolute atomic E-state index is 0.0387. The lowest BCUT2D eigenvalue weighted by Crippen LogP contribution is -2.41. The Labute approximate surface area is 129 Å². The molecule has 116 valence electrons. The summed E-state index contributed by atoms with van der Waals surface area (Å²) in [5.41, 5.74) is 1.87. The van der Waals surface area contributed by atoms with E-state index in [0.29, 0.717) is 19.3 Å². The smallest absolute Gasteiger partial charge is 0.224 e. The Morgan fingerprint density at radius 3 is 2.91 bits per heavy atom. The Morgan fingerprint density at radius 2 is 2.32 bits per heavy atom. The van der Waals surface area contributed by atoms with Gasteiger partial charge < -0.3 is 10.4 Å². The zero-order valence-electron chi connectivity index (χ0n) is 12.5. The molecule has 1 aliphatic carbocycles. The van der Waals surface area contributed by atoms with E-state index in [1.807, 2.05) is 25.4 Å². The van der Waals surface area contributed by atoms with Gasteiger partial charge in [-0.25, -0.2) is 0 Å². The molecule has 0 radical (unpaired) electrons. The van der Waals surface area contributed by atoms with E-state index in [4.69, 9.17) is 0 Å². The van der Waals surface area contributed by atoms with Crippen molar-refractivity contribution in [1.29, 1.82) is 0 Å². The zero-order valence-corrected chi connectivity index (χ0v) is 12.5. The summed E-state index contributed by atoms with van der Waals surface area (Å²) in [6.45, 7) is 0. The minimum Gasteiger partial charge on any atom is -0.393 e. The maximum Gasteiger partial charge on any atom is 0.224 e. The van der Waals surface area contributed by atoms with E-state index in [1.54, 1.807) is 23.3 Å². The summed E-state index contributed by atoms with van der Waals surface area (Å²) in [6, 6.07) is 3.61. The van der Waals surface area contributed by atoms with Crippen molar-refractivity contribution in [2.45, 2.75) is 31.4 Å². The fraction of sp³-hybridized carbons (Fsp3) is 0.438. The molecule has 2 aromatic rings. The third-order valence-electron chi connectivity index (χ3n) is 4.11. The maximum absolute atomic E-state index is 12.3.